The third-order valence-corrected chi connectivity index (χ3v) is 15.2. The molecule has 3 aromatic rings. The first-order chi connectivity index (χ1) is 23.2. The van der Waals surface area contributed by atoms with Crippen LogP contribution in [0.3, 0.4) is 0 Å². The topological polar surface area (TPSA) is 86.8 Å². The van der Waals surface area contributed by atoms with Crippen molar-refractivity contribution >= 4 is 26.6 Å². The van der Waals surface area contributed by atoms with Crippen molar-refractivity contribution in [3.8, 4) is 28.7 Å². The van der Waals surface area contributed by atoms with E-state index in [0.717, 1.165) is 39.7 Å². The molecular weight excluding hydrogens is 637 g/mol. The molecule has 0 aliphatic carbocycles. The van der Waals surface area contributed by atoms with Crippen LogP contribution in [0.1, 0.15) is 71.8 Å². The molecule has 0 unspecified atom stereocenters. The Morgan fingerprint density at radius 1 is 0.918 bits per heavy atom. The van der Waals surface area contributed by atoms with E-state index in [1.165, 1.54) is 0 Å². The number of rotatable bonds is 9. The number of fused-ring (bicyclic) bond motifs is 7. The Balaban J connectivity index is 1.64. The van der Waals surface area contributed by atoms with E-state index in [-0.39, 0.29) is 10.9 Å². The van der Waals surface area contributed by atoms with Crippen LogP contribution in [0.25, 0.3) is 6.08 Å². The van der Waals surface area contributed by atoms with Gasteiger partial charge in [0.05, 0.1) is 33.4 Å². The zero-order valence-corrected chi connectivity index (χ0v) is 31.5. The largest absolute Gasteiger partial charge is 0.543 e. The van der Waals surface area contributed by atoms with E-state index in [0.29, 0.717) is 53.0 Å². The van der Waals surface area contributed by atoms with Crippen LogP contribution in [0.5, 0.6) is 28.7 Å². The second-order valence-corrected chi connectivity index (χ2v) is 19.5. The van der Waals surface area contributed by atoms with Gasteiger partial charge in [0.1, 0.15) is 24.7 Å². The van der Waals surface area contributed by atoms with Gasteiger partial charge in [-0.05, 0) is 68.2 Å². The van der Waals surface area contributed by atoms with Crippen LogP contribution < -0.4 is 23.4 Å². The molecular formula is C39H48N2O7Si. The summed E-state index contributed by atoms with van der Waals surface area (Å²) >= 11 is 0. The molecule has 0 saturated carbocycles. The normalized spacial score (nSPS) is 20.1. The van der Waals surface area contributed by atoms with Gasteiger partial charge in [-0.1, -0.05) is 57.2 Å². The standard InChI is InChI=1S/C39H48N2O7Si/c1-22-17-25-18-28-38(43)41-27(32(40(28)6)30(25)37(33(22)44-7)47-21-24-15-13-12-14-16-24)19-26-31(29(41)20-42)36(46-9)35(45-8)23(2)34(26)48-49(10,11)39(3,4)5/h12-17,19-20,28-29,32H,18,21H2,1-11H3/t28-,29+,32+/m1/s1. The van der Waals surface area contributed by atoms with E-state index >= 15 is 0 Å². The Labute approximate surface area is 290 Å². The molecule has 3 atom stereocenters. The third kappa shape index (κ3) is 5.40. The molecule has 0 spiro atoms. The molecule has 1 fully saturated rings. The van der Waals surface area contributed by atoms with E-state index in [4.69, 9.17) is 23.4 Å². The maximum absolute atomic E-state index is 14.6. The number of aryl methyl sites for hydroxylation is 1. The maximum Gasteiger partial charge on any atom is 0.250 e. The molecule has 1 saturated heterocycles. The Hall–Kier alpha value is -4.28. The van der Waals surface area contributed by atoms with Gasteiger partial charge in [-0.25, -0.2) is 0 Å². The van der Waals surface area contributed by atoms with Crippen LogP contribution in [0, 0.1) is 13.8 Å². The van der Waals surface area contributed by atoms with Gasteiger partial charge in [0.25, 0.3) is 8.32 Å². The minimum Gasteiger partial charge on any atom is -0.543 e. The lowest BCUT2D eigenvalue weighted by atomic mass is 9.78. The highest BCUT2D eigenvalue weighted by Crippen LogP contribution is 2.58. The number of amides is 1. The van der Waals surface area contributed by atoms with Gasteiger partial charge in [-0.2, -0.15) is 0 Å². The molecule has 3 heterocycles. The Morgan fingerprint density at radius 2 is 1.57 bits per heavy atom. The maximum atomic E-state index is 14.6. The predicted octanol–water partition coefficient (Wildman–Crippen LogP) is 7.33. The molecule has 3 aromatic carbocycles. The molecule has 0 radical (unpaired) electrons. The fraction of sp³-hybridized carbons (Fsp3) is 0.436. The number of hydrogen-bond acceptors (Lipinski definition) is 8. The van der Waals surface area contributed by atoms with Gasteiger partial charge < -0.3 is 28.2 Å². The number of methoxy groups -OCH3 is 3. The molecule has 260 valence electrons. The minimum atomic E-state index is -2.40. The average molecular weight is 685 g/mol. The minimum absolute atomic E-state index is 0.104. The first-order valence-electron chi connectivity index (χ1n) is 16.8. The lowest BCUT2D eigenvalue weighted by Crippen LogP contribution is -2.60. The van der Waals surface area contributed by atoms with Crippen molar-refractivity contribution in [1.29, 1.82) is 0 Å². The highest BCUT2D eigenvalue weighted by Gasteiger charge is 2.53. The summed E-state index contributed by atoms with van der Waals surface area (Å²) in [4.78, 5) is 31.7. The molecule has 2 bridgehead atoms. The van der Waals surface area contributed by atoms with Gasteiger partial charge in [-0.15, -0.1) is 0 Å². The smallest absolute Gasteiger partial charge is 0.250 e. The highest BCUT2D eigenvalue weighted by molar-refractivity contribution is 6.74. The van der Waals surface area contributed by atoms with E-state index in [1.54, 1.807) is 26.2 Å². The summed E-state index contributed by atoms with van der Waals surface area (Å²) in [5, 5.41) is -0.104. The number of piperazine rings is 1. The van der Waals surface area contributed by atoms with Crippen molar-refractivity contribution in [1.82, 2.24) is 9.80 Å². The number of carbonyl (C=O) groups excluding carboxylic acids is 2. The number of hydrogen-bond donors (Lipinski definition) is 0. The number of ether oxygens (including phenoxy) is 4. The molecule has 3 aliphatic heterocycles. The van der Waals surface area contributed by atoms with Crippen LogP contribution in [0.4, 0.5) is 0 Å². The van der Waals surface area contributed by atoms with Gasteiger partial charge >= 0.3 is 0 Å². The van der Waals surface area contributed by atoms with Crippen molar-refractivity contribution in [3.05, 3.63) is 81.0 Å². The van der Waals surface area contributed by atoms with Crippen molar-refractivity contribution in [2.24, 2.45) is 0 Å². The molecule has 0 N–H and O–H groups in total. The molecule has 1 amide bonds. The first-order valence-corrected chi connectivity index (χ1v) is 19.7. The SMILES string of the molecule is COc1c(C)cc2c(c1OCc1ccccc1)[C@@H]1C3=Cc4c(O[Si](C)(C)C(C)(C)C)c(C)c(OC)c(OC)c4[C@H](C=O)N3C(=O)[C@@H](C2)N1C. The zero-order valence-electron chi connectivity index (χ0n) is 30.5. The van der Waals surface area contributed by atoms with Crippen molar-refractivity contribution in [2.45, 2.75) is 83.9 Å². The Morgan fingerprint density at radius 3 is 2.16 bits per heavy atom. The van der Waals surface area contributed by atoms with Crippen molar-refractivity contribution < 1.29 is 33.0 Å². The Kier molecular flexibility index (Phi) is 8.86. The van der Waals surface area contributed by atoms with Crippen LogP contribution >= 0.6 is 0 Å². The number of benzene rings is 3. The average Bonchev–Trinajstić information content (AvgIpc) is 3.06. The molecule has 9 nitrogen and oxygen atoms in total. The summed E-state index contributed by atoms with van der Waals surface area (Å²) in [6, 6.07) is 10.3. The third-order valence-electron chi connectivity index (χ3n) is 10.9. The summed E-state index contributed by atoms with van der Waals surface area (Å²) in [6.45, 7) is 15.3. The molecule has 49 heavy (non-hydrogen) atoms. The van der Waals surface area contributed by atoms with E-state index in [2.05, 4.69) is 44.8 Å². The summed E-state index contributed by atoms with van der Waals surface area (Å²) in [5.41, 5.74) is 6.66. The number of aldehydes is 1. The number of likely N-dealkylation sites (N-methyl/N-ethyl adjacent to an activating group) is 1. The fourth-order valence-electron chi connectivity index (χ4n) is 7.34. The predicted molar refractivity (Wildman–Crippen MR) is 192 cm³/mol. The summed E-state index contributed by atoms with van der Waals surface area (Å²) < 4.78 is 31.6. The molecule has 6 rings (SSSR count). The van der Waals surface area contributed by atoms with Gasteiger partial charge in [0.2, 0.25) is 5.91 Å². The van der Waals surface area contributed by atoms with E-state index in [1.807, 2.05) is 57.3 Å². The second kappa shape index (κ2) is 12.6. The quantitative estimate of drug-likeness (QED) is 0.171. The lowest BCUT2D eigenvalue weighted by Gasteiger charge is -2.53. The highest BCUT2D eigenvalue weighted by atomic mass is 28.4. The summed E-state index contributed by atoms with van der Waals surface area (Å²) in [5.74, 6) is 2.70. The van der Waals surface area contributed by atoms with Gasteiger partial charge in [0, 0.05) is 28.0 Å². The zero-order chi connectivity index (χ0) is 35.6. The lowest BCUT2D eigenvalue weighted by molar-refractivity contribution is -0.145. The van der Waals surface area contributed by atoms with Crippen molar-refractivity contribution in [3.63, 3.8) is 0 Å². The van der Waals surface area contributed by atoms with E-state index < -0.39 is 26.4 Å². The van der Waals surface area contributed by atoms with Crippen LogP contribution in [0.15, 0.2) is 42.1 Å². The molecule has 10 heteroatoms. The van der Waals surface area contributed by atoms with Gasteiger partial charge in [0.15, 0.2) is 23.0 Å². The van der Waals surface area contributed by atoms with Crippen LogP contribution in [0.2, 0.25) is 18.1 Å². The van der Waals surface area contributed by atoms with Crippen LogP contribution in [-0.4, -0.2) is 64.7 Å². The van der Waals surface area contributed by atoms with Crippen molar-refractivity contribution in [2.75, 3.05) is 28.4 Å². The number of carbonyl (C=O) groups is 2. The fourth-order valence-corrected chi connectivity index (χ4v) is 8.42. The summed E-state index contributed by atoms with van der Waals surface area (Å²) in [6.07, 6.45) is 3.32. The molecule has 0 aromatic heterocycles. The monoisotopic (exact) mass is 684 g/mol. The molecule has 3 aliphatic rings. The van der Waals surface area contributed by atoms with Gasteiger partial charge in [-0.3, -0.25) is 14.6 Å². The first kappa shape index (κ1) is 34.6. The number of nitrogens with zero attached hydrogens (tertiary/aromatic N) is 2. The van der Waals surface area contributed by atoms with E-state index in [9.17, 15) is 9.59 Å². The summed E-state index contributed by atoms with van der Waals surface area (Å²) in [7, 11) is 4.38. The second-order valence-electron chi connectivity index (χ2n) is 14.8. The Bertz CT molecular complexity index is 1850. The van der Waals surface area contributed by atoms with Crippen LogP contribution in [-0.2, 0) is 22.6 Å².